The lowest BCUT2D eigenvalue weighted by Gasteiger charge is -2.00. The maximum absolute atomic E-state index is 5.43. The Hall–Kier alpha value is -0.800. The monoisotopic (exact) mass is 173 g/mol. The molecule has 0 radical (unpaired) electrons. The van der Waals surface area contributed by atoms with E-state index in [1.807, 2.05) is 13.0 Å². The molecular weight excluding hydrogens is 162 g/mol. The number of nitrogens with zero attached hydrogens (tertiary/aromatic N) is 1. The standard InChI is InChI=1S/C7H11N3.ClH/c1-5-6(4-8)2-3-7(9)10-5;/h2-3H,4,8H2,1H3,(H2,9,10);1H. The van der Waals surface area contributed by atoms with Crippen LogP contribution in [0.3, 0.4) is 0 Å². The number of rotatable bonds is 1. The summed E-state index contributed by atoms with van der Waals surface area (Å²) in [6, 6.07) is 3.66. The lowest BCUT2D eigenvalue weighted by Crippen LogP contribution is -2.02. The topological polar surface area (TPSA) is 64.9 Å². The zero-order chi connectivity index (χ0) is 7.56. The van der Waals surface area contributed by atoms with Crippen LogP contribution in [0.2, 0.25) is 0 Å². The van der Waals surface area contributed by atoms with Crippen molar-refractivity contribution in [3.63, 3.8) is 0 Å². The van der Waals surface area contributed by atoms with Gasteiger partial charge in [-0.2, -0.15) is 0 Å². The second-order valence-corrected chi connectivity index (χ2v) is 2.18. The summed E-state index contributed by atoms with van der Waals surface area (Å²) >= 11 is 0. The van der Waals surface area contributed by atoms with E-state index in [1.54, 1.807) is 6.07 Å². The first-order valence-electron chi connectivity index (χ1n) is 3.16. The van der Waals surface area contributed by atoms with E-state index in [9.17, 15) is 0 Å². The normalized spacial score (nSPS) is 8.91. The molecule has 0 amide bonds. The van der Waals surface area contributed by atoms with Gasteiger partial charge in [-0.3, -0.25) is 0 Å². The van der Waals surface area contributed by atoms with E-state index < -0.39 is 0 Å². The molecule has 4 heteroatoms. The van der Waals surface area contributed by atoms with Gasteiger partial charge < -0.3 is 11.5 Å². The minimum atomic E-state index is 0. The van der Waals surface area contributed by atoms with Crippen molar-refractivity contribution in [1.29, 1.82) is 0 Å². The highest BCUT2D eigenvalue weighted by atomic mass is 35.5. The number of nitrogen functional groups attached to an aromatic ring is 1. The molecule has 1 aromatic rings. The predicted octanol–water partition coefficient (Wildman–Crippen LogP) is 0.853. The second-order valence-electron chi connectivity index (χ2n) is 2.18. The van der Waals surface area contributed by atoms with E-state index in [-0.39, 0.29) is 12.4 Å². The summed E-state index contributed by atoms with van der Waals surface area (Å²) in [6.07, 6.45) is 0. The maximum Gasteiger partial charge on any atom is 0.123 e. The van der Waals surface area contributed by atoms with Crippen molar-refractivity contribution in [2.75, 3.05) is 5.73 Å². The van der Waals surface area contributed by atoms with Crippen molar-refractivity contribution in [3.05, 3.63) is 23.4 Å². The Morgan fingerprint density at radius 1 is 1.45 bits per heavy atom. The van der Waals surface area contributed by atoms with Gasteiger partial charge in [-0.05, 0) is 18.6 Å². The number of halogens is 1. The van der Waals surface area contributed by atoms with Crippen molar-refractivity contribution < 1.29 is 0 Å². The predicted molar refractivity (Wildman–Crippen MR) is 48.5 cm³/mol. The number of anilines is 1. The lowest BCUT2D eigenvalue weighted by molar-refractivity contribution is 1.01. The average Bonchev–Trinajstić information content (AvgIpc) is 1.88. The summed E-state index contributed by atoms with van der Waals surface area (Å²) in [4.78, 5) is 4.04. The third-order valence-electron chi connectivity index (χ3n) is 1.44. The minimum absolute atomic E-state index is 0. The van der Waals surface area contributed by atoms with Gasteiger partial charge in [-0.15, -0.1) is 12.4 Å². The Balaban J connectivity index is 0.000001000. The maximum atomic E-state index is 5.43. The lowest BCUT2D eigenvalue weighted by atomic mass is 10.2. The number of aromatic nitrogens is 1. The smallest absolute Gasteiger partial charge is 0.123 e. The number of pyridine rings is 1. The molecule has 1 aromatic heterocycles. The molecule has 0 aliphatic rings. The van der Waals surface area contributed by atoms with E-state index in [0.29, 0.717) is 12.4 Å². The highest BCUT2D eigenvalue weighted by molar-refractivity contribution is 5.85. The third kappa shape index (κ3) is 2.37. The molecule has 0 aromatic carbocycles. The van der Waals surface area contributed by atoms with Crippen molar-refractivity contribution in [3.8, 4) is 0 Å². The highest BCUT2D eigenvalue weighted by Gasteiger charge is 1.95. The minimum Gasteiger partial charge on any atom is -0.384 e. The van der Waals surface area contributed by atoms with Crippen LogP contribution in [0.5, 0.6) is 0 Å². The van der Waals surface area contributed by atoms with Gasteiger partial charge in [-0.25, -0.2) is 4.98 Å². The SMILES string of the molecule is Cc1nc(N)ccc1CN.Cl. The summed E-state index contributed by atoms with van der Waals surface area (Å²) in [5.41, 5.74) is 12.8. The largest absolute Gasteiger partial charge is 0.384 e. The van der Waals surface area contributed by atoms with Crippen LogP contribution in [0, 0.1) is 6.92 Å². The van der Waals surface area contributed by atoms with Gasteiger partial charge in [0.25, 0.3) is 0 Å². The average molecular weight is 174 g/mol. The van der Waals surface area contributed by atoms with Crippen molar-refractivity contribution in [1.82, 2.24) is 4.98 Å². The zero-order valence-corrected chi connectivity index (χ0v) is 7.19. The quantitative estimate of drug-likeness (QED) is 0.662. The van der Waals surface area contributed by atoms with Crippen LogP contribution < -0.4 is 11.5 Å². The molecule has 3 nitrogen and oxygen atoms in total. The van der Waals surface area contributed by atoms with Gasteiger partial charge in [0.05, 0.1) is 0 Å². The van der Waals surface area contributed by atoms with Crippen LogP contribution in [0.15, 0.2) is 12.1 Å². The van der Waals surface area contributed by atoms with E-state index in [0.717, 1.165) is 11.3 Å². The van der Waals surface area contributed by atoms with E-state index >= 15 is 0 Å². The molecule has 0 saturated heterocycles. The van der Waals surface area contributed by atoms with Gasteiger partial charge in [0.1, 0.15) is 5.82 Å². The molecule has 0 spiro atoms. The zero-order valence-electron chi connectivity index (χ0n) is 6.37. The molecule has 0 aliphatic carbocycles. The Kier molecular flexibility index (Phi) is 3.85. The fourth-order valence-electron chi connectivity index (χ4n) is 0.825. The number of aryl methyl sites for hydroxylation is 1. The molecule has 0 aliphatic heterocycles. The van der Waals surface area contributed by atoms with E-state index in [1.165, 1.54) is 0 Å². The first-order valence-corrected chi connectivity index (χ1v) is 3.16. The van der Waals surface area contributed by atoms with Crippen molar-refractivity contribution >= 4 is 18.2 Å². The first kappa shape index (κ1) is 10.2. The number of hydrogen-bond acceptors (Lipinski definition) is 3. The summed E-state index contributed by atoms with van der Waals surface area (Å²) in [6.45, 7) is 2.43. The molecule has 0 atom stereocenters. The van der Waals surface area contributed by atoms with Gasteiger partial charge in [0.15, 0.2) is 0 Å². The fourth-order valence-corrected chi connectivity index (χ4v) is 0.825. The van der Waals surface area contributed by atoms with E-state index in [2.05, 4.69) is 4.98 Å². The Morgan fingerprint density at radius 2 is 2.09 bits per heavy atom. The first-order chi connectivity index (χ1) is 4.74. The molecular formula is C7H12ClN3. The van der Waals surface area contributed by atoms with Gasteiger partial charge >= 0.3 is 0 Å². The van der Waals surface area contributed by atoms with E-state index in [4.69, 9.17) is 11.5 Å². The molecule has 0 fully saturated rings. The Morgan fingerprint density at radius 3 is 2.55 bits per heavy atom. The van der Waals surface area contributed by atoms with Gasteiger partial charge in [0.2, 0.25) is 0 Å². The Labute approximate surface area is 72.2 Å². The number of hydrogen-bond donors (Lipinski definition) is 2. The molecule has 62 valence electrons. The molecule has 4 N–H and O–H groups in total. The Bertz CT molecular complexity index is 237. The number of nitrogens with two attached hydrogens (primary N) is 2. The van der Waals surface area contributed by atoms with Crippen LogP contribution in [0.4, 0.5) is 5.82 Å². The molecule has 0 saturated carbocycles. The highest BCUT2D eigenvalue weighted by Crippen LogP contribution is 2.05. The van der Waals surface area contributed by atoms with Crippen LogP contribution >= 0.6 is 12.4 Å². The van der Waals surface area contributed by atoms with Crippen LogP contribution in [-0.4, -0.2) is 4.98 Å². The summed E-state index contributed by atoms with van der Waals surface area (Å²) in [5.74, 6) is 0.551. The van der Waals surface area contributed by atoms with Crippen LogP contribution in [0.1, 0.15) is 11.3 Å². The third-order valence-corrected chi connectivity index (χ3v) is 1.44. The molecule has 1 heterocycles. The summed E-state index contributed by atoms with van der Waals surface area (Å²) < 4.78 is 0. The molecule has 0 unspecified atom stereocenters. The van der Waals surface area contributed by atoms with Crippen molar-refractivity contribution in [2.24, 2.45) is 5.73 Å². The summed E-state index contributed by atoms with van der Waals surface area (Å²) in [7, 11) is 0. The fraction of sp³-hybridized carbons (Fsp3) is 0.286. The molecule has 11 heavy (non-hydrogen) atoms. The molecule has 1 rings (SSSR count). The van der Waals surface area contributed by atoms with Crippen LogP contribution in [0.25, 0.3) is 0 Å². The van der Waals surface area contributed by atoms with Gasteiger partial charge in [-0.1, -0.05) is 6.07 Å². The summed E-state index contributed by atoms with van der Waals surface area (Å²) in [5, 5.41) is 0. The van der Waals surface area contributed by atoms with Gasteiger partial charge in [0, 0.05) is 12.2 Å². The van der Waals surface area contributed by atoms with Crippen LogP contribution in [-0.2, 0) is 6.54 Å². The molecule has 0 bridgehead atoms. The van der Waals surface area contributed by atoms with Crippen molar-refractivity contribution in [2.45, 2.75) is 13.5 Å². The second kappa shape index (κ2) is 4.16.